The summed E-state index contributed by atoms with van der Waals surface area (Å²) in [5.41, 5.74) is 5.88. The van der Waals surface area contributed by atoms with Crippen molar-refractivity contribution in [3.8, 4) is 5.75 Å². The van der Waals surface area contributed by atoms with Gasteiger partial charge < -0.3 is 15.4 Å². The molecule has 0 heterocycles. The molecular weight excluding hydrogens is 291 g/mol. The topological polar surface area (TPSA) is 55.6 Å². The number of benzene rings is 1. The molecule has 1 fully saturated rings. The van der Waals surface area contributed by atoms with Gasteiger partial charge in [-0.15, -0.1) is 0 Å². The highest BCUT2D eigenvalue weighted by atomic mass is 32.1. The Balaban J connectivity index is 2.24. The van der Waals surface area contributed by atoms with Gasteiger partial charge in [0.15, 0.2) is 11.6 Å². The molecule has 1 saturated carbocycles. The van der Waals surface area contributed by atoms with E-state index in [-0.39, 0.29) is 34.8 Å². The number of halogens is 1. The predicted octanol–water partition coefficient (Wildman–Crippen LogP) is 2.51. The maximum atomic E-state index is 13.8. The normalized spacial score (nSPS) is 15.0. The van der Waals surface area contributed by atoms with Gasteiger partial charge in [0, 0.05) is 11.6 Å². The van der Waals surface area contributed by atoms with Crippen LogP contribution in [0.4, 0.5) is 4.39 Å². The van der Waals surface area contributed by atoms with Crippen molar-refractivity contribution < 1.29 is 13.9 Å². The van der Waals surface area contributed by atoms with E-state index in [0.717, 1.165) is 25.7 Å². The number of thiocarbonyl (C=S) groups is 1. The van der Waals surface area contributed by atoms with E-state index in [4.69, 9.17) is 22.7 Å². The first-order chi connectivity index (χ1) is 10.0. The predicted molar refractivity (Wildman–Crippen MR) is 83.0 cm³/mol. The number of amides is 1. The molecule has 0 aliphatic heterocycles. The van der Waals surface area contributed by atoms with E-state index >= 15 is 0 Å². The molecule has 0 radical (unpaired) electrons. The Morgan fingerprint density at radius 3 is 2.67 bits per heavy atom. The van der Waals surface area contributed by atoms with Gasteiger partial charge in [-0.1, -0.05) is 25.1 Å². The van der Waals surface area contributed by atoms with Gasteiger partial charge >= 0.3 is 0 Å². The van der Waals surface area contributed by atoms with Crippen LogP contribution in [0.1, 0.15) is 36.0 Å². The highest BCUT2D eigenvalue weighted by Gasteiger charge is 2.28. The van der Waals surface area contributed by atoms with Gasteiger partial charge in [0.05, 0.1) is 18.6 Å². The Morgan fingerprint density at radius 1 is 1.48 bits per heavy atom. The zero-order valence-corrected chi connectivity index (χ0v) is 12.8. The minimum absolute atomic E-state index is 0.119. The zero-order valence-electron chi connectivity index (χ0n) is 12.0. The van der Waals surface area contributed by atoms with Gasteiger partial charge in [-0.25, -0.2) is 4.39 Å². The first-order valence-corrected chi connectivity index (χ1v) is 7.36. The van der Waals surface area contributed by atoms with Crippen molar-refractivity contribution in [1.82, 2.24) is 4.90 Å². The standard InChI is InChI=1S/C15H19FN2O2S/c1-20-13-7-6-10(8-12(13)16)15(19)18(9-14(17)21)11-4-2-3-5-11/h6-8,11H,2-5,9H2,1H3,(H2,17,21). The summed E-state index contributed by atoms with van der Waals surface area (Å²) in [5.74, 6) is -0.672. The maximum absolute atomic E-state index is 13.8. The molecule has 21 heavy (non-hydrogen) atoms. The number of rotatable bonds is 5. The second-order valence-corrected chi connectivity index (χ2v) is 5.71. The van der Waals surface area contributed by atoms with Crippen molar-refractivity contribution in [3.05, 3.63) is 29.6 Å². The molecule has 0 saturated heterocycles. The smallest absolute Gasteiger partial charge is 0.254 e. The van der Waals surface area contributed by atoms with Crippen molar-refractivity contribution >= 4 is 23.1 Å². The van der Waals surface area contributed by atoms with Crippen LogP contribution in [0.25, 0.3) is 0 Å². The molecule has 114 valence electrons. The van der Waals surface area contributed by atoms with Gasteiger partial charge in [-0.3, -0.25) is 4.79 Å². The van der Waals surface area contributed by atoms with Crippen LogP contribution >= 0.6 is 12.2 Å². The van der Waals surface area contributed by atoms with E-state index in [1.54, 1.807) is 11.0 Å². The second kappa shape index (κ2) is 6.85. The van der Waals surface area contributed by atoms with Crippen molar-refractivity contribution in [1.29, 1.82) is 0 Å². The van der Waals surface area contributed by atoms with E-state index in [0.29, 0.717) is 0 Å². The molecular formula is C15H19FN2O2S. The number of ether oxygens (including phenoxy) is 1. The molecule has 1 aromatic rings. The minimum atomic E-state index is -0.551. The van der Waals surface area contributed by atoms with E-state index in [1.807, 2.05) is 0 Å². The fraction of sp³-hybridized carbons (Fsp3) is 0.467. The molecule has 2 rings (SSSR count). The Hall–Kier alpha value is -1.69. The lowest BCUT2D eigenvalue weighted by molar-refractivity contribution is 0.0714. The molecule has 6 heteroatoms. The Labute approximate surface area is 129 Å². The number of hydrogen-bond donors (Lipinski definition) is 1. The molecule has 1 amide bonds. The van der Waals surface area contributed by atoms with E-state index < -0.39 is 5.82 Å². The quantitative estimate of drug-likeness (QED) is 0.849. The molecule has 2 N–H and O–H groups in total. The molecule has 0 unspecified atom stereocenters. The lowest BCUT2D eigenvalue weighted by atomic mass is 10.1. The van der Waals surface area contributed by atoms with Crippen LogP contribution < -0.4 is 10.5 Å². The third kappa shape index (κ3) is 3.69. The van der Waals surface area contributed by atoms with Gasteiger partial charge in [-0.05, 0) is 31.0 Å². The fourth-order valence-corrected chi connectivity index (χ4v) is 2.85. The average Bonchev–Trinajstić information content (AvgIpc) is 2.97. The van der Waals surface area contributed by atoms with E-state index in [2.05, 4.69) is 0 Å². The first kappa shape index (κ1) is 15.7. The van der Waals surface area contributed by atoms with Gasteiger partial charge in [0.25, 0.3) is 5.91 Å². The number of methoxy groups -OCH3 is 1. The van der Waals surface area contributed by atoms with Crippen molar-refractivity contribution in [2.45, 2.75) is 31.7 Å². The highest BCUT2D eigenvalue weighted by molar-refractivity contribution is 7.80. The van der Waals surface area contributed by atoms with Crippen LogP contribution in [0.15, 0.2) is 18.2 Å². The average molecular weight is 310 g/mol. The van der Waals surface area contributed by atoms with Crippen molar-refractivity contribution in [2.24, 2.45) is 5.73 Å². The molecule has 0 bridgehead atoms. The number of nitrogens with zero attached hydrogens (tertiary/aromatic N) is 1. The van der Waals surface area contributed by atoms with Crippen molar-refractivity contribution in [2.75, 3.05) is 13.7 Å². The summed E-state index contributed by atoms with van der Waals surface area (Å²) in [6, 6.07) is 4.34. The van der Waals surface area contributed by atoms with Crippen LogP contribution in [-0.2, 0) is 0 Å². The summed E-state index contributed by atoms with van der Waals surface area (Å²) in [7, 11) is 1.39. The summed E-state index contributed by atoms with van der Waals surface area (Å²) >= 11 is 4.93. The third-order valence-corrected chi connectivity index (χ3v) is 3.88. The van der Waals surface area contributed by atoms with Crippen LogP contribution in [0.5, 0.6) is 5.75 Å². The van der Waals surface area contributed by atoms with Gasteiger partial charge in [0.1, 0.15) is 0 Å². The zero-order chi connectivity index (χ0) is 15.4. The summed E-state index contributed by atoms with van der Waals surface area (Å²) in [5, 5.41) is 0. The Kier molecular flexibility index (Phi) is 5.12. The van der Waals surface area contributed by atoms with Crippen molar-refractivity contribution in [3.63, 3.8) is 0 Å². The van der Waals surface area contributed by atoms with E-state index in [1.165, 1.54) is 19.2 Å². The van der Waals surface area contributed by atoms with E-state index in [9.17, 15) is 9.18 Å². The lowest BCUT2D eigenvalue weighted by Crippen LogP contribution is -2.43. The van der Waals surface area contributed by atoms with Crippen LogP contribution in [0.2, 0.25) is 0 Å². The largest absolute Gasteiger partial charge is 0.494 e. The van der Waals surface area contributed by atoms with Gasteiger partial charge in [0.2, 0.25) is 0 Å². The summed E-state index contributed by atoms with van der Waals surface area (Å²) in [4.78, 5) is 14.6. The fourth-order valence-electron chi connectivity index (χ4n) is 2.72. The second-order valence-electron chi connectivity index (χ2n) is 5.19. The molecule has 1 aliphatic carbocycles. The number of carbonyl (C=O) groups is 1. The van der Waals surface area contributed by atoms with Gasteiger partial charge in [-0.2, -0.15) is 0 Å². The van der Waals surface area contributed by atoms with Crippen LogP contribution in [0.3, 0.4) is 0 Å². The minimum Gasteiger partial charge on any atom is -0.494 e. The summed E-state index contributed by atoms with van der Waals surface area (Å²) < 4.78 is 18.6. The first-order valence-electron chi connectivity index (χ1n) is 6.95. The monoisotopic (exact) mass is 310 g/mol. The maximum Gasteiger partial charge on any atom is 0.254 e. The Bertz CT molecular complexity index is 544. The molecule has 4 nitrogen and oxygen atoms in total. The number of carbonyl (C=O) groups excluding carboxylic acids is 1. The molecule has 0 atom stereocenters. The third-order valence-electron chi connectivity index (χ3n) is 3.75. The molecule has 0 spiro atoms. The summed E-state index contributed by atoms with van der Waals surface area (Å²) in [6.45, 7) is 0.229. The number of hydrogen-bond acceptors (Lipinski definition) is 3. The van der Waals surface area contributed by atoms with Crippen LogP contribution in [0, 0.1) is 5.82 Å². The molecule has 0 aromatic heterocycles. The van der Waals surface area contributed by atoms with Crippen LogP contribution in [-0.4, -0.2) is 35.5 Å². The number of nitrogens with two attached hydrogens (primary N) is 1. The Morgan fingerprint density at radius 2 is 2.14 bits per heavy atom. The molecule has 1 aliphatic rings. The summed E-state index contributed by atoms with van der Waals surface area (Å²) in [6.07, 6.45) is 4.05. The SMILES string of the molecule is COc1ccc(C(=O)N(CC(N)=S)C2CCCC2)cc1F. The highest BCUT2D eigenvalue weighted by Crippen LogP contribution is 2.26. The molecule has 1 aromatic carbocycles. The lowest BCUT2D eigenvalue weighted by Gasteiger charge is -2.28.